The smallest absolute Gasteiger partial charge is 0.334 e. The molecular weight excluding hydrogens is 504 g/mol. The molecule has 4 N–H and O–H groups in total. The summed E-state index contributed by atoms with van der Waals surface area (Å²) in [5.74, 6) is -2.09. The zero-order chi connectivity index (χ0) is 28.8. The normalized spacial score (nSPS) is 45.0. The topological polar surface area (TPSA) is 151 Å². The molecule has 0 radical (unpaired) electrons. The van der Waals surface area contributed by atoms with E-state index in [1.807, 2.05) is 6.08 Å². The van der Waals surface area contributed by atoms with Crippen LogP contribution in [0.15, 0.2) is 34.9 Å². The average Bonchev–Trinajstić information content (AvgIpc) is 3.18. The molecule has 0 aromatic heterocycles. The van der Waals surface area contributed by atoms with E-state index in [1.165, 1.54) is 19.9 Å². The number of aliphatic hydroxyl groups is 4. The van der Waals surface area contributed by atoms with E-state index in [4.69, 9.17) is 9.47 Å². The van der Waals surface area contributed by atoms with Gasteiger partial charge in [-0.25, -0.2) is 4.79 Å². The highest BCUT2D eigenvalue weighted by atomic mass is 16.6. The minimum absolute atomic E-state index is 0.000535. The molecule has 0 bridgehead atoms. The molecule has 5 aliphatic rings. The van der Waals surface area contributed by atoms with Crippen LogP contribution in [0.25, 0.3) is 0 Å². The van der Waals surface area contributed by atoms with Gasteiger partial charge in [0.05, 0.1) is 16.9 Å². The summed E-state index contributed by atoms with van der Waals surface area (Å²) in [6.45, 7) is 7.69. The van der Waals surface area contributed by atoms with Crippen LogP contribution in [0, 0.1) is 22.7 Å². The zero-order valence-corrected chi connectivity index (χ0v) is 23.3. The Morgan fingerprint density at radius 3 is 2.56 bits per heavy atom. The molecule has 9 atom stereocenters. The van der Waals surface area contributed by atoms with E-state index in [-0.39, 0.29) is 50.4 Å². The van der Waals surface area contributed by atoms with Gasteiger partial charge in [-0.1, -0.05) is 23.3 Å². The minimum Gasteiger partial charge on any atom is -0.465 e. The van der Waals surface area contributed by atoms with Crippen LogP contribution in [0.2, 0.25) is 0 Å². The molecule has 0 saturated heterocycles. The van der Waals surface area contributed by atoms with Gasteiger partial charge in [-0.2, -0.15) is 0 Å². The lowest BCUT2D eigenvalue weighted by atomic mass is 9.43. The van der Waals surface area contributed by atoms with Gasteiger partial charge in [0.2, 0.25) is 0 Å². The first-order valence-electron chi connectivity index (χ1n) is 13.8. The molecule has 2 fully saturated rings. The number of rotatable bonds is 4. The van der Waals surface area contributed by atoms with E-state index in [2.05, 4.69) is 0 Å². The maximum Gasteiger partial charge on any atom is 0.334 e. The van der Waals surface area contributed by atoms with Gasteiger partial charge in [-0.3, -0.25) is 9.59 Å². The van der Waals surface area contributed by atoms with Crippen LogP contribution in [0.3, 0.4) is 0 Å². The quantitative estimate of drug-likeness (QED) is 0.308. The summed E-state index contributed by atoms with van der Waals surface area (Å²) in [5.41, 5.74) is -6.00. The third-order valence-electron chi connectivity index (χ3n) is 11.3. The van der Waals surface area contributed by atoms with Crippen molar-refractivity contribution in [3.63, 3.8) is 0 Å². The summed E-state index contributed by atoms with van der Waals surface area (Å²) in [4.78, 5) is 37.9. The Balaban J connectivity index is 1.59. The Morgan fingerprint density at radius 1 is 1.23 bits per heavy atom. The molecule has 9 nitrogen and oxygen atoms in total. The minimum atomic E-state index is -1.93. The molecule has 0 spiro atoms. The monoisotopic (exact) mass is 544 g/mol. The van der Waals surface area contributed by atoms with Crippen molar-refractivity contribution in [2.45, 2.75) is 102 Å². The first-order chi connectivity index (χ1) is 18.1. The number of esters is 2. The number of ether oxygens (including phenoxy) is 2. The molecule has 0 amide bonds. The lowest BCUT2D eigenvalue weighted by Gasteiger charge is -2.63. The largest absolute Gasteiger partial charge is 0.465 e. The lowest BCUT2D eigenvalue weighted by Crippen LogP contribution is -2.72. The fourth-order valence-corrected chi connectivity index (χ4v) is 8.55. The SMILES string of the molecule is CC(=O)OCC12CCC3C(CC(O)C4(O)CC=CC(=O)C34C)C1=CCC2(O)C(C)(O)C1CC(C)=C(C)C(=O)O1. The fraction of sp³-hybridized carbons (Fsp3) is 0.700. The second kappa shape index (κ2) is 8.83. The number of ketones is 1. The predicted octanol–water partition coefficient (Wildman–Crippen LogP) is 2.06. The molecule has 39 heavy (non-hydrogen) atoms. The Hall–Kier alpha value is -2.33. The zero-order valence-electron chi connectivity index (χ0n) is 23.3. The molecule has 4 aliphatic carbocycles. The fourth-order valence-electron chi connectivity index (χ4n) is 8.55. The number of cyclic esters (lactones) is 1. The van der Waals surface area contributed by atoms with Crippen LogP contribution in [0.4, 0.5) is 0 Å². The van der Waals surface area contributed by atoms with Gasteiger partial charge >= 0.3 is 11.9 Å². The summed E-state index contributed by atoms with van der Waals surface area (Å²) >= 11 is 0. The Kier molecular flexibility index (Phi) is 6.39. The van der Waals surface area contributed by atoms with Gasteiger partial charge in [0, 0.05) is 18.9 Å². The van der Waals surface area contributed by atoms with Crippen molar-refractivity contribution in [1.82, 2.24) is 0 Å². The number of aliphatic hydroxyl groups excluding tert-OH is 1. The van der Waals surface area contributed by atoms with E-state index in [1.54, 1.807) is 26.8 Å². The Morgan fingerprint density at radius 2 is 1.92 bits per heavy atom. The number of allylic oxidation sites excluding steroid dienone is 1. The van der Waals surface area contributed by atoms with Crippen LogP contribution in [0.5, 0.6) is 0 Å². The van der Waals surface area contributed by atoms with Crippen molar-refractivity contribution < 1.29 is 44.3 Å². The third-order valence-corrected chi connectivity index (χ3v) is 11.3. The van der Waals surface area contributed by atoms with Crippen molar-refractivity contribution in [3.05, 3.63) is 34.9 Å². The first-order valence-corrected chi connectivity index (χ1v) is 13.8. The number of hydrogen-bond donors (Lipinski definition) is 4. The maximum absolute atomic E-state index is 13.3. The van der Waals surface area contributed by atoms with Crippen LogP contribution < -0.4 is 0 Å². The molecular formula is C30H40O9. The van der Waals surface area contributed by atoms with Gasteiger partial charge in [0.15, 0.2) is 5.78 Å². The Labute approximate surface area is 228 Å². The summed E-state index contributed by atoms with van der Waals surface area (Å²) in [5, 5.41) is 47.5. The van der Waals surface area contributed by atoms with Crippen molar-refractivity contribution in [2.24, 2.45) is 22.7 Å². The standard InChI is InChI=1S/C30H40O9/c1-16-13-24(39-25(34)17(16)2)27(5,35)30(37)12-9-21-19-14-23(33)29(36)10-6-7-22(32)26(29,4)20(19)8-11-28(21,30)15-38-18(3)31/h6-7,9,19-20,23-24,33,35-37H,8,10-15H2,1-5H3. The third kappa shape index (κ3) is 3.49. The summed E-state index contributed by atoms with van der Waals surface area (Å²) in [6, 6.07) is 0. The van der Waals surface area contributed by atoms with Gasteiger partial charge in [-0.15, -0.1) is 0 Å². The highest BCUT2D eigenvalue weighted by Gasteiger charge is 2.73. The molecule has 214 valence electrons. The second-order valence-electron chi connectivity index (χ2n) is 12.8. The molecule has 1 aliphatic heterocycles. The van der Waals surface area contributed by atoms with E-state index in [0.29, 0.717) is 17.6 Å². The first kappa shape index (κ1) is 28.2. The number of carbonyl (C=O) groups is 3. The molecule has 1 heterocycles. The molecule has 9 unspecified atom stereocenters. The predicted molar refractivity (Wildman–Crippen MR) is 139 cm³/mol. The summed E-state index contributed by atoms with van der Waals surface area (Å²) < 4.78 is 11.2. The van der Waals surface area contributed by atoms with E-state index >= 15 is 0 Å². The van der Waals surface area contributed by atoms with Crippen LogP contribution >= 0.6 is 0 Å². The highest BCUT2D eigenvalue weighted by Crippen LogP contribution is 2.68. The molecule has 2 saturated carbocycles. The van der Waals surface area contributed by atoms with Crippen molar-refractivity contribution >= 4 is 17.7 Å². The van der Waals surface area contributed by atoms with Crippen molar-refractivity contribution in [3.8, 4) is 0 Å². The van der Waals surface area contributed by atoms with Crippen molar-refractivity contribution in [2.75, 3.05) is 6.61 Å². The van der Waals surface area contributed by atoms with Crippen molar-refractivity contribution in [1.29, 1.82) is 0 Å². The lowest BCUT2D eigenvalue weighted by molar-refractivity contribution is -0.257. The van der Waals surface area contributed by atoms with Crippen LogP contribution in [-0.4, -0.2) is 73.8 Å². The van der Waals surface area contributed by atoms with E-state index < -0.39 is 57.7 Å². The van der Waals surface area contributed by atoms with Gasteiger partial charge in [0.1, 0.15) is 29.5 Å². The van der Waals surface area contributed by atoms with Gasteiger partial charge < -0.3 is 29.9 Å². The molecule has 0 aromatic carbocycles. The second-order valence-corrected chi connectivity index (χ2v) is 12.8. The molecule has 9 heteroatoms. The molecule has 5 rings (SSSR count). The number of hydrogen-bond acceptors (Lipinski definition) is 9. The molecule has 0 aromatic rings. The van der Waals surface area contributed by atoms with Crippen LogP contribution in [-0.2, 0) is 23.9 Å². The highest BCUT2D eigenvalue weighted by molar-refractivity contribution is 5.97. The van der Waals surface area contributed by atoms with E-state index in [0.717, 1.165) is 5.57 Å². The Bertz CT molecular complexity index is 1210. The van der Waals surface area contributed by atoms with Crippen LogP contribution in [0.1, 0.15) is 73.1 Å². The summed E-state index contributed by atoms with van der Waals surface area (Å²) in [6.07, 6.45) is 3.87. The van der Waals surface area contributed by atoms with Gasteiger partial charge in [0.25, 0.3) is 0 Å². The average molecular weight is 545 g/mol. The number of fused-ring (bicyclic) bond motifs is 5. The number of carbonyl (C=O) groups excluding carboxylic acids is 3. The maximum atomic E-state index is 13.3. The summed E-state index contributed by atoms with van der Waals surface area (Å²) in [7, 11) is 0. The van der Waals surface area contributed by atoms with E-state index in [9.17, 15) is 34.8 Å². The van der Waals surface area contributed by atoms with Gasteiger partial charge in [-0.05, 0) is 77.7 Å².